The first-order valence-corrected chi connectivity index (χ1v) is 11.1. The highest BCUT2D eigenvalue weighted by atomic mass is 127. The predicted molar refractivity (Wildman–Crippen MR) is 129 cm³/mol. The molecule has 2 fully saturated rings. The van der Waals surface area contributed by atoms with Crippen LogP contribution in [0, 0.1) is 0 Å². The number of hydrogen-bond acceptors (Lipinski definition) is 5. The van der Waals surface area contributed by atoms with Gasteiger partial charge in [-0.25, -0.2) is 4.99 Å². The van der Waals surface area contributed by atoms with Gasteiger partial charge in [-0.3, -0.25) is 4.79 Å². The zero-order chi connectivity index (χ0) is 20.8. The van der Waals surface area contributed by atoms with E-state index in [-0.39, 0.29) is 36.0 Å². The molecule has 172 valence electrons. The number of guanidine groups is 1. The van der Waals surface area contributed by atoms with Crippen LogP contribution in [0.3, 0.4) is 0 Å². The number of halogens is 1. The Balaban J connectivity index is 0.00000272. The van der Waals surface area contributed by atoms with Crippen LogP contribution in [0.1, 0.15) is 31.7 Å². The molecule has 2 saturated heterocycles. The van der Waals surface area contributed by atoms with Gasteiger partial charge in [0.25, 0.3) is 5.91 Å². The van der Waals surface area contributed by atoms with Crippen molar-refractivity contribution in [2.45, 2.75) is 38.8 Å². The van der Waals surface area contributed by atoms with E-state index >= 15 is 0 Å². The van der Waals surface area contributed by atoms with E-state index in [1.165, 1.54) is 0 Å². The van der Waals surface area contributed by atoms with Gasteiger partial charge in [0.15, 0.2) is 17.5 Å². The molecule has 0 saturated carbocycles. The monoisotopic (exact) mass is 544 g/mol. The van der Waals surface area contributed by atoms with Crippen LogP contribution in [0.15, 0.2) is 23.2 Å². The summed E-state index contributed by atoms with van der Waals surface area (Å²) in [5, 5.41) is 3.39. The molecule has 3 aliphatic rings. The summed E-state index contributed by atoms with van der Waals surface area (Å²) in [5.41, 5.74) is 1.09. The normalized spacial score (nSPS) is 21.3. The Hall–Kier alpha value is -1.75. The fourth-order valence-electron chi connectivity index (χ4n) is 4.01. The van der Waals surface area contributed by atoms with E-state index < -0.39 is 0 Å². The fraction of sp³-hybridized carbons (Fsp3) is 0.636. The highest BCUT2D eigenvalue weighted by Crippen LogP contribution is 2.30. The van der Waals surface area contributed by atoms with E-state index in [2.05, 4.69) is 17.1 Å². The van der Waals surface area contributed by atoms with Crippen molar-refractivity contribution in [3.63, 3.8) is 0 Å². The molecule has 0 aromatic heterocycles. The molecule has 1 aromatic carbocycles. The second-order valence-electron chi connectivity index (χ2n) is 7.82. The molecule has 3 heterocycles. The van der Waals surface area contributed by atoms with Gasteiger partial charge in [-0.2, -0.15) is 0 Å². The first-order valence-electron chi connectivity index (χ1n) is 11.1. The Bertz CT molecular complexity index is 762. The van der Waals surface area contributed by atoms with Crippen molar-refractivity contribution in [1.82, 2.24) is 15.1 Å². The Kier molecular flexibility index (Phi) is 9.06. The van der Waals surface area contributed by atoms with Crippen molar-refractivity contribution in [3.8, 4) is 11.5 Å². The largest absolute Gasteiger partial charge is 0.490 e. The maximum atomic E-state index is 12.6. The lowest BCUT2D eigenvalue weighted by Crippen LogP contribution is -2.55. The summed E-state index contributed by atoms with van der Waals surface area (Å²) < 4.78 is 17.1. The van der Waals surface area contributed by atoms with E-state index in [4.69, 9.17) is 19.2 Å². The summed E-state index contributed by atoms with van der Waals surface area (Å²) in [6.07, 6.45) is 2.48. The van der Waals surface area contributed by atoms with Crippen molar-refractivity contribution in [3.05, 3.63) is 23.8 Å². The molecule has 1 amide bonds. The minimum atomic E-state index is -0.238. The molecule has 31 heavy (non-hydrogen) atoms. The SMILES string of the molecule is CCNC(=NCc1ccc2c(c1)OCCCO2)N1CCN(C(=O)C2CCCO2)CC1.I. The number of rotatable bonds is 4. The molecule has 4 rings (SSSR count). The van der Waals surface area contributed by atoms with Gasteiger partial charge in [0, 0.05) is 45.8 Å². The Morgan fingerprint density at radius 1 is 1.06 bits per heavy atom. The second kappa shape index (κ2) is 11.8. The molecule has 1 unspecified atom stereocenters. The van der Waals surface area contributed by atoms with Gasteiger partial charge in [-0.15, -0.1) is 24.0 Å². The number of amides is 1. The molecule has 1 aromatic rings. The molecule has 0 spiro atoms. The van der Waals surface area contributed by atoms with E-state index in [0.717, 1.165) is 61.9 Å². The molecule has 1 N–H and O–H groups in total. The number of nitrogens with one attached hydrogen (secondary N) is 1. The van der Waals surface area contributed by atoms with Crippen LogP contribution in [-0.4, -0.2) is 80.3 Å². The lowest BCUT2D eigenvalue weighted by atomic mass is 10.2. The van der Waals surface area contributed by atoms with Crippen LogP contribution in [0.5, 0.6) is 11.5 Å². The summed E-state index contributed by atoms with van der Waals surface area (Å²) in [7, 11) is 0. The number of piperazine rings is 1. The maximum Gasteiger partial charge on any atom is 0.251 e. The van der Waals surface area contributed by atoms with Crippen molar-refractivity contribution >= 4 is 35.8 Å². The van der Waals surface area contributed by atoms with Gasteiger partial charge in [0.2, 0.25) is 0 Å². The van der Waals surface area contributed by atoms with Gasteiger partial charge >= 0.3 is 0 Å². The molecule has 1 atom stereocenters. The molecule has 0 radical (unpaired) electrons. The quantitative estimate of drug-likeness (QED) is 0.356. The molecule has 0 bridgehead atoms. The summed E-state index contributed by atoms with van der Waals surface area (Å²) in [4.78, 5) is 21.6. The average molecular weight is 544 g/mol. The van der Waals surface area contributed by atoms with Gasteiger partial charge in [-0.05, 0) is 37.5 Å². The van der Waals surface area contributed by atoms with Gasteiger partial charge < -0.3 is 29.3 Å². The van der Waals surface area contributed by atoms with Crippen LogP contribution >= 0.6 is 24.0 Å². The third-order valence-corrected chi connectivity index (χ3v) is 5.65. The van der Waals surface area contributed by atoms with Crippen molar-refractivity contribution in [2.24, 2.45) is 4.99 Å². The smallest absolute Gasteiger partial charge is 0.251 e. The summed E-state index contributed by atoms with van der Waals surface area (Å²) >= 11 is 0. The van der Waals surface area contributed by atoms with Gasteiger partial charge in [0.1, 0.15) is 6.10 Å². The Morgan fingerprint density at radius 3 is 2.52 bits per heavy atom. The molecular formula is C22H33IN4O4. The number of nitrogens with zero attached hydrogens (tertiary/aromatic N) is 3. The summed E-state index contributed by atoms with van der Waals surface area (Å²) in [6, 6.07) is 6.03. The predicted octanol–water partition coefficient (Wildman–Crippen LogP) is 2.25. The third kappa shape index (κ3) is 6.15. The van der Waals surface area contributed by atoms with E-state index in [0.29, 0.717) is 39.5 Å². The highest BCUT2D eigenvalue weighted by Gasteiger charge is 2.30. The Labute approximate surface area is 201 Å². The second-order valence-corrected chi connectivity index (χ2v) is 7.82. The number of carbonyl (C=O) groups is 1. The maximum absolute atomic E-state index is 12.6. The van der Waals surface area contributed by atoms with E-state index in [1.54, 1.807) is 0 Å². The number of carbonyl (C=O) groups excluding carboxylic acids is 1. The first kappa shape index (κ1) is 23.9. The minimum Gasteiger partial charge on any atom is -0.490 e. The average Bonchev–Trinajstić information content (AvgIpc) is 3.22. The minimum absolute atomic E-state index is 0. The Morgan fingerprint density at radius 2 is 1.81 bits per heavy atom. The summed E-state index contributed by atoms with van der Waals surface area (Å²) in [5.74, 6) is 2.63. The van der Waals surface area contributed by atoms with Gasteiger partial charge in [0.05, 0.1) is 19.8 Å². The summed E-state index contributed by atoms with van der Waals surface area (Å²) in [6.45, 7) is 8.45. The lowest BCUT2D eigenvalue weighted by Gasteiger charge is -2.37. The number of fused-ring (bicyclic) bond motifs is 1. The van der Waals surface area contributed by atoms with Crippen LogP contribution < -0.4 is 14.8 Å². The van der Waals surface area contributed by atoms with E-state index in [9.17, 15) is 4.79 Å². The molecule has 3 aliphatic heterocycles. The highest BCUT2D eigenvalue weighted by molar-refractivity contribution is 14.0. The third-order valence-electron chi connectivity index (χ3n) is 5.65. The first-order chi connectivity index (χ1) is 14.7. The van der Waals surface area contributed by atoms with E-state index in [1.807, 2.05) is 23.1 Å². The molecule has 0 aliphatic carbocycles. The zero-order valence-electron chi connectivity index (χ0n) is 18.2. The zero-order valence-corrected chi connectivity index (χ0v) is 20.5. The topological polar surface area (TPSA) is 75.6 Å². The van der Waals surface area contributed by atoms with Crippen LogP contribution in [0.4, 0.5) is 0 Å². The molecule has 8 nitrogen and oxygen atoms in total. The number of benzene rings is 1. The standard InChI is InChI=1S/C22H32N4O4.HI/c1-2-23-22(24-16-17-6-7-18-20(15-17)30-14-4-13-28-18)26-10-8-25(9-11-26)21(27)19-5-3-12-29-19;/h6-7,15,19H,2-5,8-14,16H2,1H3,(H,23,24);1H. The van der Waals surface area contributed by atoms with Crippen molar-refractivity contribution in [2.75, 3.05) is 52.5 Å². The van der Waals surface area contributed by atoms with Crippen LogP contribution in [0.25, 0.3) is 0 Å². The number of ether oxygens (including phenoxy) is 3. The number of aliphatic imine (C=N–C) groups is 1. The number of hydrogen-bond donors (Lipinski definition) is 1. The van der Waals surface area contributed by atoms with Crippen LogP contribution in [0.2, 0.25) is 0 Å². The van der Waals surface area contributed by atoms with Gasteiger partial charge in [-0.1, -0.05) is 6.07 Å². The van der Waals surface area contributed by atoms with Crippen molar-refractivity contribution in [1.29, 1.82) is 0 Å². The van der Waals surface area contributed by atoms with Crippen LogP contribution in [-0.2, 0) is 16.1 Å². The molecular weight excluding hydrogens is 511 g/mol. The van der Waals surface area contributed by atoms with Crippen molar-refractivity contribution < 1.29 is 19.0 Å². The fourth-order valence-corrected chi connectivity index (χ4v) is 4.01. The molecule has 9 heteroatoms. The lowest BCUT2D eigenvalue weighted by molar-refractivity contribution is -0.142.